The minimum atomic E-state index is -0.509. The van der Waals surface area contributed by atoms with Crippen LogP contribution in [0.15, 0.2) is 72.3 Å². The fourth-order valence-electron chi connectivity index (χ4n) is 2.63. The highest BCUT2D eigenvalue weighted by Gasteiger charge is 2.10. The van der Waals surface area contributed by atoms with Gasteiger partial charge >= 0.3 is 0 Å². The normalized spacial score (nSPS) is 10.9. The van der Waals surface area contributed by atoms with E-state index in [9.17, 15) is 10.1 Å². The number of nitrogens with one attached hydrogen (secondary N) is 1. The molecule has 0 saturated heterocycles. The molecule has 0 heterocycles. The molecule has 3 rings (SSSR count). The lowest BCUT2D eigenvalue weighted by molar-refractivity contribution is -0.112. The van der Waals surface area contributed by atoms with E-state index in [1.807, 2.05) is 31.2 Å². The quantitative estimate of drug-likeness (QED) is 0.357. The monoisotopic (exact) mass is 436 g/mol. The number of benzene rings is 3. The molecule has 30 heavy (non-hydrogen) atoms. The van der Waals surface area contributed by atoms with Gasteiger partial charge in [-0.2, -0.15) is 5.26 Å². The molecule has 6 heteroatoms. The lowest BCUT2D eigenvalue weighted by atomic mass is 10.1. The Morgan fingerprint density at radius 3 is 2.57 bits per heavy atom. The van der Waals surface area contributed by atoms with Crippen LogP contribution in [0.5, 0.6) is 5.75 Å². The van der Waals surface area contributed by atoms with Crippen LogP contribution in [-0.4, -0.2) is 5.91 Å². The summed E-state index contributed by atoms with van der Waals surface area (Å²) in [5.74, 6) is 0.117. The lowest BCUT2D eigenvalue weighted by Gasteiger charge is -2.08. The van der Waals surface area contributed by atoms with Crippen molar-refractivity contribution in [3.8, 4) is 11.8 Å². The lowest BCUT2D eigenvalue weighted by Crippen LogP contribution is -2.13. The molecule has 150 valence electrons. The number of hydrogen-bond donors (Lipinski definition) is 1. The molecule has 3 aromatic carbocycles. The molecule has 0 radical (unpaired) electrons. The van der Waals surface area contributed by atoms with Crippen molar-refractivity contribution in [2.45, 2.75) is 13.5 Å². The third kappa shape index (κ3) is 5.87. The van der Waals surface area contributed by atoms with E-state index in [0.717, 1.165) is 11.1 Å². The fraction of sp³-hybridized carbons (Fsp3) is 0.0833. The molecule has 0 aliphatic carbocycles. The second-order valence-corrected chi connectivity index (χ2v) is 7.42. The largest absolute Gasteiger partial charge is 0.489 e. The summed E-state index contributed by atoms with van der Waals surface area (Å²) in [7, 11) is 0. The van der Waals surface area contributed by atoms with Gasteiger partial charge in [-0.15, -0.1) is 0 Å². The van der Waals surface area contributed by atoms with Gasteiger partial charge in [-0.1, -0.05) is 53.5 Å². The van der Waals surface area contributed by atoms with E-state index in [-0.39, 0.29) is 5.57 Å². The van der Waals surface area contributed by atoms with Crippen molar-refractivity contribution in [3.05, 3.63) is 99.0 Å². The average molecular weight is 437 g/mol. The smallest absolute Gasteiger partial charge is 0.266 e. The number of carbonyl (C=O) groups excluding carboxylic acids is 1. The maximum atomic E-state index is 12.5. The molecule has 0 bridgehead atoms. The zero-order valence-corrected chi connectivity index (χ0v) is 17.7. The van der Waals surface area contributed by atoms with Crippen molar-refractivity contribution in [2.24, 2.45) is 0 Å². The maximum Gasteiger partial charge on any atom is 0.266 e. The van der Waals surface area contributed by atoms with Gasteiger partial charge in [0, 0.05) is 15.7 Å². The number of nitriles is 1. The first-order chi connectivity index (χ1) is 14.4. The van der Waals surface area contributed by atoms with Crippen molar-refractivity contribution >= 4 is 40.9 Å². The van der Waals surface area contributed by atoms with E-state index in [0.29, 0.717) is 33.7 Å². The number of amides is 1. The van der Waals surface area contributed by atoms with E-state index < -0.39 is 5.91 Å². The van der Waals surface area contributed by atoms with Crippen LogP contribution in [0.1, 0.15) is 16.7 Å². The average Bonchev–Trinajstić information content (AvgIpc) is 2.74. The standard InChI is InChI=1S/C24H18Cl2N2O2/c1-16-5-10-21(13-23(16)26)28-24(29)19(14-27)11-18-3-2-4-22(12-18)30-15-17-6-8-20(25)9-7-17/h2-13H,15H2,1H3,(H,28,29)/b19-11-. The summed E-state index contributed by atoms with van der Waals surface area (Å²) in [6.07, 6.45) is 1.51. The predicted octanol–water partition coefficient (Wildman–Crippen LogP) is 6.43. The minimum absolute atomic E-state index is 0.0263. The van der Waals surface area contributed by atoms with E-state index in [1.165, 1.54) is 6.08 Å². The van der Waals surface area contributed by atoms with Crippen LogP contribution in [0.25, 0.3) is 6.08 Å². The highest BCUT2D eigenvalue weighted by molar-refractivity contribution is 6.31. The van der Waals surface area contributed by atoms with Crippen molar-refractivity contribution < 1.29 is 9.53 Å². The molecule has 0 saturated carbocycles. The van der Waals surface area contributed by atoms with Crippen molar-refractivity contribution in [1.82, 2.24) is 0 Å². The van der Waals surface area contributed by atoms with Gasteiger partial charge < -0.3 is 10.1 Å². The molecule has 0 unspecified atom stereocenters. The second-order valence-electron chi connectivity index (χ2n) is 6.58. The number of anilines is 1. The first kappa shape index (κ1) is 21.4. The Labute approximate surface area is 185 Å². The topological polar surface area (TPSA) is 62.1 Å². The van der Waals surface area contributed by atoms with Gasteiger partial charge in [0.1, 0.15) is 24.0 Å². The molecule has 0 aliphatic heterocycles. The zero-order valence-electron chi connectivity index (χ0n) is 16.2. The summed E-state index contributed by atoms with van der Waals surface area (Å²) in [6.45, 7) is 2.25. The van der Waals surface area contributed by atoms with Gasteiger partial charge in [-0.05, 0) is 66.1 Å². The summed E-state index contributed by atoms with van der Waals surface area (Å²) in [4.78, 5) is 12.5. The molecule has 0 spiro atoms. The van der Waals surface area contributed by atoms with Crippen LogP contribution in [-0.2, 0) is 11.4 Å². The second kappa shape index (κ2) is 9.98. The van der Waals surface area contributed by atoms with Gasteiger partial charge in [-0.25, -0.2) is 0 Å². The van der Waals surface area contributed by atoms with Crippen molar-refractivity contribution in [1.29, 1.82) is 5.26 Å². The Bertz CT molecular complexity index is 1130. The fourth-order valence-corrected chi connectivity index (χ4v) is 2.93. The SMILES string of the molecule is Cc1ccc(NC(=O)/C(C#N)=C\c2cccc(OCc3ccc(Cl)cc3)c2)cc1Cl. The molecule has 0 aliphatic rings. The molecular formula is C24H18Cl2N2O2. The van der Waals surface area contributed by atoms with Crippen molar-refractivity contribution in [2.75, 3.05) is 5.32 Å². The summed E-state index contributed by atoms with van der Waals surface area (Å²) in [5, 5.41) is 13.3. The molecule has 1 N–H and O–H groups in total. The maximum absolute atomic E-state index is 12.5. The Morgan fingerprint density at radius 2 is 1.87 bits per heavy atom. The zero-order chi connectivity index (χ0) is 21.5. The van der Waals surface area contributed by atoms with E-state index >= 15 is 0 Å². The number of ether oxygens (including phenoxy) is 1. The number of halogens is 2. The molecule has 0 fully saturated rings. The van der Waals surface area contributed by atoms with Crippen LogP contribution in [0.3, 0.4) is 0 Å². The summed E-state index contributed by atoms with van der Waals surface area (Å²) in [6, 6.07) is 21.7. The molecule has 3 aromatic rings. The Morgan fingerprint density at radius 1 is 1.10 bits per heavy atom. The Balaban J connectivity index is 1.71. The summed E-state index contributed by atoms with van der Waals surface area (Å²) >= 11 is 12.0. The molecule has 1 amide bonds. The molecule has 4 nitrogen and oxygen atoms in total. The highest BCUT2D eigenvalue weighted by Crippen LogP contribution is 2.21. The Hall–Kier alpha value is -3.26. The van der Waals surface area contributed by atoms with Crippen LogP contribution in [0, 0.1) is 18.3 Å². The van der Waals surface area contributed by atoms with Gasteiger partial charge in [0.25, 0.3) is 5.91 Å². The van der Waals surface area contributed by atoms with E-state index in [2.05, 4.69) is 5.32 Å². The number of nitrogens with zero attached hydrogens (tertiary/aromatic N) is 1. The third-order valence-corrected chi connectivity index (χ3v) is 4.94. The number of hydrogen-bond acceptors (Lipinski definition) is 3. The third-order valence-electron chi connectivity index (χ3n) is 4.28. The number of carbonyl (C=O) groups is 1. The van der Waals surface area contributed by atoms with Crippen LogP contribution < -0.4 is 10.1 Å². The van der Waals surface area contributed by atoms with Gasteiger partial charge in [0.2, 0.25) is 0 Å². The van der Waals surface area contributed by atoms with Gasteiger partial charge in [-0.3, -0.25) is 4.79 Å². The van der Waals surface area contributed by atoms with Gasteiger partial charge in [0.15, 0.2) is 0 Å². The van der Waals surface area contributed by atoms with Gasteiger partial charge in [0.05, 0.1) is 0 Å². The van der Waals surface area contributed by atoms with Crippen LogP contribution in [0.4, 0.5) is 5.69 Å². The Kier molecular flexibility index (Phi) is 7.13. The predicted molar refractivity (Wildman–Crippen MR) is 121 cm³/mol. The first-order valence-electron chi connectivity index (χ1n) is 9.11. The van der Waals surface area contributed by atoms with Crippen LogP contribution in [0.2, 0.25) is 10.0 Å². The molecule has 0 aromatic heterocycles. The first-order valence-corrected chi connectivity index (χ1v) is 9.87. The van der Waals surface area contributed by atoms with Crippen molar-refractivity contribution in [3.63, 3.8) is 0 Å². The molecular weight excluding hydrogens is 419 g/mol. The van der Waals surface area contributed by atoms with E-state index in [1.54, 1.807) is 48.5 Å². The number of rotatable bonds is 6. The highest BCUT2D eigenvalue weighted by atomic mass is 35.5. The number of aryl methyl sites for hydroxylation is 1. The molecule has 0 atom stereocenters. The summed E-state index contributed by atoms with van der Waals surface area (Å²) in [5.41, 5.74) is 3.06. The minimum Gasteiger partial charge on any atom is -0.489 e. The van der Waals surface area contributed by atoms with E-state index in [4.69, 9.17) is 27.9 Å². The summed E-state index contributed by atoms with van der Waals surface area (Å²) < 4.78 is 5.80. The van der Waals surface area contributed by atoms with Crippen LogP contribution >= 0.6 is 23.2 Å².